The summed E-state index contributed by atoms with van der Waals surface area (Å²) in [5.74, 6) is -0.425. The zero-order valence-corrected chi connectivity index (χ0v) is 11.6. The number of para-hydroxylation sites is 1. The molecule has 2 aromatic carbocycles. The maximum absolute atomic E-state index is 13.0. The number of carbonyl (C=O) groups is 1. The van der Waals surface area contributed by atoms with Gasteiger partial charge in [-0.3, -0.25) is 4.79 Å². The summed E-state index contributed by atoms with van der Waals surface area (Å²) in [4.78, 5) is 14.3. The van der Waals surface area contributed by atoms with E-state index in [4.69, 9.17) is 0 Å². The molecule has 0 aliphatic heterocycles. The number of rotatable bonds is 5. The summed E-state index contributed by atoms with van der Waals surface area (Å²) in [6.45, 7) is 2.75. The Morgan fingerprint density at radius 2 is 1.70 bits per heavy atom. The lowest BCUT2D eigenvalue weighted by Crippen LogP contribution is -2.31. The van der Waals surface area contributed by atoms with Crippen LogP contribution in [0.3, 0.4) is 0 Å². The highest BCUT2D eigenvalue weighted by atomic mass is 19.1. The molecule has 2 aromatic rings. The minimum Gasteiger partial charge on any atom is -0.308 e. The first kappa shape index (κ1) is 14.3. The monoisotopic (exact) mass is 271 g/mol. The fraction of sp³-hybridized carbons (Fsp3) is 0.235. The van der Waals surface area contributed by atoms with Crippen molar-refractivity contribution in [3.05, 3.63) is 66.0 Å². The van der Waals surface area contributed by atoms with Crippen LogP contribution in [0.4, 0.5) is 10.1 Å². The van der Waals surface area contributed by atoms with Crippen LogP contribution in [0.1, 0.15) is 30.1 Å². The maximum Gasteiger partial charge on any atom is 0.258 e. The van der Waals surface area contributed by atoms with Gasteiger partial charge >= 0.3 is 0 Å². The van der Waals surface area contributed by atoms with E-state index in [0.29, 0.717) is 12.1 Å². The molecule has 2 rings (SSSR count). The van der Waals surface area contributed by atoms with Crippen LogP contribution in [0.25, 0.3) is 0 Å². The molecule has 0 saturated carbocycles. The number of nitrogens with zero attached hydrogens (tertiary/aromatic N) is 1. The third-order valence-electron chi connectivity index (χ3n) is 3.14. The molecule has 0 aliphatic rings. The topological polar surface area (TPSA) is 20.3 Å². The maximum atomic E-state index is 13.0. The van der Waals surface area contributed by atoms with Crippen LogP contribution >= 0.6 is 0 Å². The van der Waals surface area contributed by atoms with Crippen molar-refractivity contribution in [2.24, 2.45) is 0 Å². The smallest absolute Gasteiger partial charge is 0.258 e. The van der Waals surface area contributed by atoms with Gasteiger partial charge in [-0.25, -0.2) is 4.39 Å². The summed E-state index contributed by atoms with van der Waals surface area (Å²) < 4.78 is 13.0. The summed E-state index contributed by atoms with van der Waals surface area (Å²) in [6, 6.07) is 15.3. The van der Waals surface area contributed by atoms with Crippen molar-refractivity contribution < 1.29 is 9.18 Å². The average molecular weight is 271 g/mol. The van der Waals surface area contributed by atoms with Gasteiger partial charge in [-0.05, 0) is 42.8 Å². The Hall–Kier alpha value is -2.16. The van der Waals surface area contributed by atoms with Gasteiger partial charge in [0.15, 0.2) is 0 Å². The van der Waals surface area contributed by atoms with Crippen LogP contribution in [0.2, 0.25) is 0 Å². The molecular weight excluding hydrogens is 253 g/mol. The fourth-order valence-corrected chi connectivity index (χ4v) is 2.02. The molecule has 1 amide bonds. The minimum absolute atomic E-state index is 0.0929. The SMILES string of the molecule is CCCCN(C(=O)c1ccc(F)cc1)c1ccccc1. The van der Waals surface area contributed by atoms with Gasteiger partial charge in [0.05, 0.1) is 0 Å². The Morgan fingerprint density at radius 1 is 1.05 bits per heavy atom. The van der Waals surface area contributed by atoms with Crippen LogP contribution in [0.15, 0.2) is 54.6 Å². The molecule has 0 bridgehead atoms. The summed E-state index contributed by atoms with van der Waals surface area (Å²) in [6.07, 6.45) is 1.95. The van der Waals surface area contributed by atoms with Crippen LogP contribution in [0, 0.1) is 5.82 Å². The van der Waals surface area contributed by atoms with Crippen LogP contribution in [0.5, 0.6) is 0 Å². The lowest BCUT2D eigenvalue weighted by atomic mass is 10.1. The normalized spacial score (nSPS) is 10.3. The van der Waals surface area contributed by atoms with Gasteiger partial charge in [-0.1, -0.05) is 31.5 Å². The molecule has 0 aliphatic carbocycles. The van der Waals surface area contributed by atoms with Gasteiger partial charge in [0, 0.05) is 17.8 Å². The molecule has 0 spiro atoms. The quantitative estimate of drug-likeness (QED) is 0.795. The van der Waals surface area contributed by atoms with E-state index in [1.54, 1.807) is 4.90 Å². The first-order chi connectivity index (χ1) is 9.72. The van der Waals surface area contributed by atoms with E-state index < -0.39 is 0 Å². The standard InChI is InChI=1S/C17H18FNO/c1-2-3-13-19(16-7-5-4-6-8-16)17(20)14-9-11-15(18)12-10-14/h4-12H,2-3,13H2,1H3. The second-order valence-corrected chi connectivity index (χ2v) is 4.65. The molecule has 0 unspecified atom stereocenters. The number of unbranched alkanes of at least 4 members (excludes halogenated alkanes) is 1. The lowest BCUT2D eigenvalue weighted by Gasteiger charge is -2.22. The van der Waals surface area contributed by atoms with E-state index in [0.717, 1.165) is 18.5 Å². The highest BCUT2D eigenvalue weighted by Gasteiger charge is 2.16. The van der Waals surface area contributed by atoms with Crippen molar-refractivity contribution in [2.45, 2.75) is 19.8 Å². The fourth-order valence-electron chi connectivity index (χ4n) is 2.02. The number of amides is 1. The average Bonchev–Trinajstić information content (AvgIpc) is 2.49. The van der Waals surface area contributed by atoms with Crippen molar-refractivity contribution in [1.82, 2.24) is 0 Å². The Balaban J connectivity index is 2.26. The van der Waals surface area contributed by atoms with Crippen molar-refractivity contribution >= 4 is 11.6 Å². The number of anilines is 1. The van der Waals surface area contributed by atoms with Gasteiger partial charge in [0.1, 0.15) is 5.82 Å². The largest absolute Gasteiger partial charge is 0.308 e. The molecule has 104 valence electrons. The van der Waals surface area contributed by atoms with E-state index in [2.05, 4.69) is 6.92 Å². The predicted octanol–water partition coefficient (Wildman–Crippen LogP) is 4.27. The summed E-state index contributed by atoms with van der Waals surface area (Å²) >= 11 is 0. The Kier molecular flexibility index (Phi) is 4.88. The Bertz CT molecular complexity index is 551. The van der Waals surface area contributed by atoms with E-state index in [-0.39, 0.29) is 11.7 Å². The van der Waals surface area contributed by atoms with Crippen LogP contribution in [-0.4, -0.2) is 12.5 Å². The second kappa shape index (κ2) is 6.85. The number of carbonyl (C=O) groups excluding carboxylic acids is 1. The highest BCUT2D eigenvalue weighted by molar-refractivity contribution is 6.06. The van der Waals surface area contributed by atoms with Crippen LogP contribution in [-0.2, 0) is 0 Å². The Labute approximate surface area is 118 Å². The zero-order chi connectivity index (χ0) is 14.4. The molecule has 0 aromatic heterocycles. The number of halogens is 1. The second-order valence-electron chi connectivity index (χ2n) is 4.65. The molecular formula is C17H18FNO. The number of hydrogen-bond donors (Lipinski definition) is 0. The predicted molar refractivity (Wildman–Crippen MR) is 79.4 cm³/mol. The third kappa shape index (κ3) is 3.44. The van der Waals surface area contributed by atoms with Gasteiger partial charge in [0.2, 0.25) is 0 Å². The minimum atomic E-state index is -0.332. The molecule has 0 atom stereocenters. The molecule has 0 heterocycles. The van der Waals surface area contributed by atoms with Gasteiger partial charge in [0.25, 0.3) is 5.91 Å². The first-order valence-electron chi connectivity index (χ1n) is 6.85. The Morgan fingerprint density at radius 3 is 2.30 bits per heavy atom. The lowest BCUT2D eigenvalue weighted by molar-refractivity contribution is 0.0986. The molecule has 0 radical (unpaired) electrons. The number of benzene rings is 2. The van der Waals surface area contributed by atoms with Crippen molar-refractivity contribution in [1.29, 1.82) is 0 Å². The van der Waals surface area contributed by atoms with Crippen molar-refractivity contribution in [3.8, 4) is 0 Å². The summed E-state index contributed by atoms with van der Waals surface area (Å²) in [5.41, 5.74) is 1.38. The van der Waals surface area contributed by atoms with E-state index in [1.165, 1.54) is 24.3 Å². The third-order valence-corrected chi connectivity index (χ3v) is 3.14. The van der Waals surface area contributed by atoms with Gasteiger partial charge in [-0.15, -0.1) is 0 Å². The van der Waals surface area contributed by atoms with Crippen molar-refractivity contribution in [2.75, 3.05) is 11.4 Å². The number of hydrogen-bond acceptors (Lipinski definition) is 1. The van der Waals surface area contributed by atoms with E-state index in [1.807, 2.05) is 30.3 Å². The molecule has 2 nitrogen and oxygen atoms in total. The summed E-state index contributed by atoms with van der Waals surface area (Å²) in [5, 5.41) is 0. The van der Waals surface area contributed by atoms with E-state index >= 15 is 0 Å². The molecule has 20 heavy (non-hydrogen) atoms. The molecule has 0 fully saturated rings. The first-order valence-corrected chi connectivity index (χ1v) is 6.85. The zero-order valence-electron chi connectivity index (χ0n) is 11.6. The highest BCUT2D eigenvalue weighted by Crippen LogP contribution is 2.18. The van der Waals surface area contributed by atoms with Crippen LogP contribution < -0.4 is 4.90 Å². The molecule has 0 N–H and O–H groups in total. The van der Waals surface area contributed by atoms with Gasteiger partial charge in [-0.2, -0.15) is 0 Å². The summed E-state index contributed by atoms with van der Waals surface area (Å²) in [7, 11) is 0. The van der Waals surface area contributed by atoms with Gasteiger partial charge < -0.3 is 4.90 Å². The van der Waals surface area contributed by atoms with Crippen molar-refractivity contribution in [3.63, 3.8) is 0 Å². The molecule has 3 heteroatoms. The molecule has 0 saturated heterocycles. The van der Waals surface area contributed by atoms with E-state index in [9.17, 15) is 9.18 Å².